The molecular formula is C23H21ClFN3O4S. The molecule has 3 aromatic rings. The first-order chi connectivity index (χ1) is 15.7. The fraction of sp³-hybridized carbons (Fsp3) is 0.130. The van der Waals surface area contributed by atoms with E-state index in [1.165, 1.54) is 30.3 Å². The van der Waals surface area contributed by atoms with Crippen LogP contribution < -0.4 is 15.4 Å². The molecule has 0 saturated heterocycles. The molecule has 0 heterocycles. The van der Waals surface area contributed by atoms with Crippen LogP contribution in [0.5, 0.6) is 0 Å². The topological polar surface area (TPSA) is 104 Å². The van der Waals surface area contributed by atoms with Crippen LogP contribution in [0.4, 0.5) is 15.8 Å². The molecule has 3 aromatic carbocycles. The maximum absolute atomic E-state index is 14.0. The second-order valence-electron chi connectivity index (χ2n) is 7.22. The van der Waals surface area contributed by atoms with E-state index in [0.717, 1.165) is 12.1 Å². The first kappa shape index (κ1) is 24.2. The van der Waals surface area contributed by atoms with Gasteiger partial charge in [0.15, 0.2) is 0 Å². The molecule has 3 rings (SSSR count). The van der Waals surface area contributed by atoms with E-state index >= 15 is 0 Å². The summed E-state index contributed by atoms with van der Waals surface area (Å²) in [6.07, 6.45) is -0.0788. The minimum absolute atomic E-state index is 0.0111. The first-order valence-electron chi connectivity index (χ1n) is 9.88. The molecule has 0 aliphatic heterocycles. The third-order valence-electron chi connectivity index (χ3n) is 4.53. The lowest BCUT2D eigenvalue weighted by molar-refractivity contribution is -0.116. The molecule has 7 nitrogen and oxygen atoms in total. The van der Waals surface area contributed by atoms with Crippen molar-refractivity contribution in [1.82, 2.24) is 5.32 Å². The zero-order valence-corrected chi connectivity index (χ0v) is 19.1. The van der Waals surface area contributed by atoms with Crippen LogP contribution in [0.3, 0.4) is 0 Å². The maximum atomic E-state index is 14.0. The SMILES string of the molecule is CC(CC(=O)Nc1cc(Cl)ccc1NS(=O)(=O)c1ccccc1F)NC(=O)c1ccccc1. The smallest absolute Gasteiger partial charge is 0.264 e. The van der Waals surface area contributed by atoms with Gasteiger partial charge in [0, 0.05) is 23.0 Å². The van der Waals surface area contributed by atoms with Crippen molar-refractivity contribution in [2.24, 2.45) is 0 Å². The van der Waals surface area contributed by atoms with Crippen LogP contribution in [0.1, 0.15) is 23.7 Å². The Bertz CT molecular complexity index is 1270. The van der Waals surface area contributed by atoms with Gasteiger partial charge in [-0.1, -0.05) is 41.9 Å². The molecule has 10 heteroatoms. The number of benzene rings is 3. The molecular weight excluding hydrogens is 469 g/mol. The Hall–Kier alpha value is -3.43. The molecule has 0 fully saturated rings. The van der Waals surface area contributed by atoms with Crippen molar-refractivity contribution < 1.29 is 22.4 Å². The molecule has 0 aromatic heterocycles. The first-order valence-corrected chi connectivity index (χ1v) is 11.7. The fourth-order valence-electron chi connectivity index (χ4n) is 3.00. The highest BCUT2D eigenvalue weighted by molar-refractivity contribution is 7.92. The normalized spacial score (nSPS) is 12.0. The van der Waals surface area contributed by atoms with Crippen molar-refractivity contribution in [3.8, 4) is 0 Å². The average Bonchev–Trinajstić information content (AvgIpc) is 2.76. The van der Waals surface area contributed by atoms with Crippen molar-refractivity contribution in [1.29, 1.82) is 0 Å². The Morgan fingerprint density at radius 2 is 1.64 bits per heavy atom. The minimum Gasteiger partial charge on any atom is -0.349 e. The number of carbonyl (C=O) groups excluding carboxylic acids is 2. The van der Waals surface area contributed by atoms with E-state index in [1.807, 2.05) is 0 Å². The van der Waals surface area contributed by atoms with Gasteiger partial charge in [0.25, 0.3) is 15.9 Å². The summed E-state index contributed by atoms with van der Waals surface area (Å²) in [5.41, 5.74) is 0.565. The Kier molecular flexibility index (Phi) is 7.67. The Morgan fingerprint density at radius 3 is 2.33 bits per heavy atom. The van der Waals surface area contributed by atoms with Gasteiger partial charge in [-0.25, -0.2) is 12.8 Å². The zero-order chi connectivity index (χ0) is 24.0. The number of rotatable bonds is 8. The van der Waals surface area contributed by atoms with Crippen LogP contribution in [-0.2, 0) is 14.8 Å². The van der Waals surface area contributed by atoms with Crippen molar-refractivity contribution in [3.05, 3.63) is 89.2 Å². The van der Waals surface area contributed by atoms with Crippen LogP contribution in [0.25, 0.3) is 0 Å². The summed E-state index contributed by atoms with van der Waals surface area (Å²) < 4.78 is 41.5. The van der Waals surface area contributed by atoms with Gasteiger partial charge in [-0.05, 0) is 49.4 Å². The Balaban J connectivity index is 1.71. The number of hydrogen-bond donors (Lipinski definition) is 3. The molecule has 33 heavy (non-hydrogen) atoms. The minimum atomic E-state index is -4.26. The van der Waals surface area contributed by atoms with E-state index < -0.39 is 32.7 Å². The van der Waals surface area contributed by atoms with E-state index in [2.05, 4.69) is 15.4 Å². The number of carbonyl (C=O) groups is 2. The summed E-state index contributed by atoms with van der Waals surface area (Å²) in [7, 11) is -4.26. The number of hydrogen-bond acceptors (Lipinski definition) is 4. The second-order valence-corrected chi connectivity index (χ2v) is 9.31. The fourth-order valence-corrected chi connectivity index (χ4v) is 4.33. The van der Waals surface area contributed by atoms with Gasteiger partial charge in [-0.15, -0.1) is 0 Å². The third kappa shape index (κ3) is 6.53. The van der Waals surface area contributed by atoms with Gasteiger partial charge >= 0.3 is 0 Å². The highest BCUT2D eigenvalue weighted by Gasteiger charge is 2.21. The summed E-state index contributed by atoms with van der Waals surface area (Å²) >= 11 is 6.01. The monoisotopic (exact) mass is 489 g/mol. The number of halogens is 2. The highest BCUT2D eigenvalue weighted by atomic mass is 35.5. The molecule has 172 valence electrons. The Morgan fingerprint density at radius 1 is 0.970 bits per heavy atom. The van der Waals surface area contributed by atoms with Gasteiger partial charge in [0.2, 0.25) is 5.91 Å². The molecule has 2 amide bonds. The summed E-state index contributed by atoms with van der Waals surface area (Å²) in [6.45, 7) is 1.67. The summed E-state index contributed by atoms with van der Waals surface area (Å²) in [5, 5.41) is 5.57. The van der Waals surface area contributed by atoms with E-state index in [0.29, 0.717) is 5.56 Å². The van der Waals surface area contributed by atoms with Crippen LogP contribution in [0.15, 0.2) is 77.7 Å². The van der Waals surface area contributed by atoms with Crippen molar-refractivity contribution in [3.63, 3.8) is 0 Å². The van der Waals surface area contributed by atoms with E-state index in [4.69, 9.17) is 11.6 Å². The number of sulfonamides is 1. The number of nitrogens with one attached hydrogen (secondary N) is 3. The van der Waals surface area contributed by atoms with Gasteiger partial charge in [0.05, 0.1) is 11.4 Å². The summed E-state index contributed by atoms with van der Waals surface area (Å²) in [5.74, 6) is -1.71. The molecule has 1 atom stereocenters. The largest absolute Gasteiger partial charge is 0.349 e. The predicted molar refractivity (Wildman–Crippen MR) is 125 cm³/mol. The zero-order valence-electron chi connectivity index (χ0n) is 17.5. The molecule has 0 radical (unpaired) electrons. The summed E-state index contributed by atoms with van der Waals surface area (Å²) in [4.78, 5) is 24.3. The molecule has 0 saturated carbocycles. The molecule has 0 aliphatic rings. The average molecular weight is 490 g/mol. The molecule has 0 spiro atoms. The summed E-state index contributed by atoms with van der Waals surface area (Å²) in [6, 6.07) is 17.1. The van der Waals surface area contributed by atoms with Crippen molar-refractivity contribution in [2.75, 3.05) is 10.0 Å². The third-order valence-corrected chi connectivity index (χ3v) is 6.17. The number of anilines is 2. The number of amides is 2. The standard InChI is InChI=1S/C23H21ClFN3O4S/c1-15(26-23(30)16-7-3-2-4-8-16)13-22(29)27-20-14-17(24)11-12-19(20)28-33(31,32)21-10-6-5-9-18(21)25/h2-12,14-15,28H,13H2,1H3,(H,26,30)(H,27,29). The van der Waals surface area contributed by atoms with Crippen LogP contribution in [-0.4, -0.2) is 26.3 Å². The van der Waals surface area contributed by atoms with E-state index in [-0.39, 0.29) is 28.7 Å². The molecule has 0 bridgehead atoms. The molecule has 1 unspecified atom stereocenters. The molecule has 0 aliphatic carbocycles. The van der Waals surface area contributed by atoms with Crippen molar-refractivity contribution >= 4 is 44.8 Å². The van der Waals surface area contributed by atoms with Gasteiger partial charge in [-0.2, -0.15) is 0 Å². The quantitative estimate of drug-likeness (QED) is 0.435. The highest BCUT2D eigenvalue weighted by Crippen LogP contribution is 2.29. The maximum Gasteiger partial charge on any atom is 0.264 e. The molecule has 3 N–H and O–H groups in total. The van der Waals surface area contributed by atoms with E-state index in [9.17, 15) is 22.4 Å². The lowest BCUT2D eigenvalue weighted by Crippen LogP contribution is -2.35. The van der Waals surface area contributed by atoms with Gasteiger partial charge in [0.1, 0.15) is 10.7 Å². The lowest BCUT2D eigenvalue weighted by Gasteiger charge is -2.17. The second kappa shape index (κ2) is 10.5. The van der Waals surface area contributed by atoms with Crippen molar-refractivity contribution in [2.45, 2.75) is 24.3 Å². The van der Waals surface area contributed by atoms with E-state index in [1.54, 1.807) is 37.3 Å². The van der Waals surface area contributed by atoms with Crippen LogP contribution >= 0.6 is 11.6 Å². The van der Waals surface area contributed by atoms with Gasteiger partial charge < -0.3 is 10.6 Å². The van der Waals surface area contributed by atoms with Gasteiger partial charge in [-0.3, -0.25) is 14.3 Å². The van der Waals surface area contributed by atoms with Crippen LogP contribution in [0, 0.1) is 5.82 Å². The Labute approximate surface area is 196 Å². The predicted octanol–water partition coefficient (Wildman–Crippen LogP) is 4.43. The lowest BCUT2D eigenvalue weighted by atomic mass is 10.1. The van der Waals surface area contributed by atoms with Crippen LogP contribution in [0.2, 0.25) is 5.02 Å².